The van der Waals surface area contributed by atoms with Crippen LogP contribution >= 0.6 is 21.6 Å². The number of hydrogen-bond donors (Lipinski definition) is 2. The van der Waals surface area contributed by atoms with Gasteiger partial charge in [0, 0.05) is 64.2 Å². The zero-order valence-electron chi connectivity index (χ0n) is 20.6. The Labute approximate surface area is 211 Å². The van der Waals surface area contributed by atoms with Crippen molar-refractivity contribution in [1.82, 2.24) is 20.1 Å². The molecular weight excluding hydrogens is 476 g/mol. The summed E-state index contributed by atoms with van der Waals surface area (Å²) in [5.74, 6) is 0. The van der Waals surface area contributed by atoms with Crippen molar-refractivity contribution < 1.29 is 24.1 Å². The Morgan fingerprint density at radius 2 is 1.94 bits per heavy atom. The molecule has 0 aliphatic heterocycles. The van der Waals surface area contributed by atoms with Gasteiger partial charge in [-0.2, -0.15) is 0 Å². The number of aromatic nitrogens is 1. The predicted octanol–water partition coefficient (Wildman–Crippen LogP) is 3.20. The largest absolute Gasteiger partial charge is 0.444 e. The second-order valence-corrected chi connectivity index (χ2v) is 9.63. The molecule has 1 amide bonds. The van der Waals surface area contributed by atoms with Crippen LogP contribution in [0.5, 0.6) is 0 Å². The first-order valence-electron chi connectivity index (χ1n) is 11.0. The van der Waals surface area contributed by atoms with E-state index in [2.05, 4.69) is 23.5 Å². The summed E-state index contributed by atoms with van der Waals surface area (Å²) in [6.45, 7) is 12.5. The molecule has 0 aliphatic rings. The van der Waals surface area contributed by atoms with Crippen molar-refractivity contribution in [2.75, 3.05) is 60.6 Å². The van der Waals surface area contributed by atoms with Crippen LogP contribution in [0.3, 0.4) is 0 Å². The van der Waals surface area contributed by atoms with E-state index in [1.807, 2.05) is 37.1 Å². The first-order valence-corrected chi connectivity index (χ1v) is 13.2. The lowest BCUT2D eigenvalue weighted by Gasteiger charge is -2.24. The SMILES string of the molecule is C=C(SSc1ccccn1)C(=C)N(C)CCNCCN(C)C(=O)OCC(OC)OC(CC)CO. The smallest absolute Gasteiger partial charge is 0.409 e. The maximum atomic E-state index is 12.2. The monoisotopic (exact) mass is 514 g/mol. The minimum Gasteiger partial charge on any atom is -0.444 e. The van der Waals surface area contributed by atoms with E-state index in [-0.39, 0.29) is 19.3 Å². The summed E-state index contributed by atoms with van der Waals surface area (Å²) in [7, 11) is 8.20. The highest BCUT2D eigenvalue weighted by molar-refractivity contribution is 8.78. The maximum absolute atomic E-state index is 12.2. The summed E-state index contributed by atoms with van der Waals surface area (Å²) >= 11 is 0. The fourth-order valence-corrected chi connectivity index (χ4v) is 4.31. The Balaban J connectivity index is 2.21. The Morgan fingerprint density at radius 1 is 1.24 bits per heavy atom. The third-order valence-corrected chi connectivity index (χ3v) is 7.11. The normalized spacial score (nSPS) is 12.6. The van der Waals surface area contributed by atoms with Gasteiger partial charge in [0.25, 0.3) is 0 Å². The number of pyridine rings is 1. The lowest BCUT2D eigenvalue weighted by atomic mass is 10.3. The fourth-order valence-electron chi connectivity index (χ4n) is 2.49. The number of aliphatic hydroxyl groups excluding tert-OH is 1. The molecule has 0 fully saturated rings. The van der Waals surface area contributed by atoms with Crippen LogP contribution in [0.2, 0.25) is 0 Å². The Morgan fingerprint density at radius 3 is 2.53 bits per heavy atom. The second-order valence-electron chi connectivity index (χ2n) is 7.39. The van der Waals surface area contributed by atoms with Gasteiger partial charge in [0.1, 0.15) is 11.6 Å². The average Bonchev–Trinajstić information content (AvgIpc) is 2.86. The number of nitrogens with zero attached hydrogens (tertiary/aromatic N) is 3. The molecule has 1 heterocycles. The lowest BCUT2D eigenvalue weighted by Crippen LogP contribution is -2.38. The van der Waals surface area contributed by atoms with Crippen LogP contribution in [-0.4, -0.2) is 99.0 Å². The van der Waals surface area contributed by atoms with Crippen molar-refractivity contribution in [1.29, 1.82) is 0 Å². The van der Waals surface area contributed by atoms with Gasteiger partial charge in [-0.25, -0.2) is 9.78 Å². The molecule has 2 unspecified atom stereocenters. The number of likely N-dealkylation sites (N-methyl/N-ethyl adjacent to an activating group) is 2. The van der Waals surface area contributed by atoms with E-state index in [4.69, 9.17) is 14.2 Å². The zero-order valence-corrected chi connectivity index (χ0v) is 22.2. The quantitative estimate of drug-likeness (QED) is 0.132. The molecule has 1 aromatic heterocycles. The maximum Gasteiger partial charge on any atom is 0.409 e. The molecule has 34 heavy (non-hydrogen) atoms. The highest BCUT2D eigenvalue weighted by Gasteiger charge is 2.18. The van der Waals surface area contributed by atoms with E-state index < -0.39 is 12.4 Å². The first-order chi connectivity index (χ1) is 16.3. The Bertz CT molecular complexity index is 737. The van der Waals surface area contributed by atoms with Crippen LogP contribution in [-0.2, 0) is 14.2 Å². The van der Waals surface area contributed by atoms with Crippen molar-refractivity contribution in [3.8, 4) is 0 Å². The average molecular weight is 515 g/mol. The number of ether oxygens (including phenoxy) is 3. The number of carbonyl (C=O) groups is 1. The van der Waals surface area contributed by atoms with Gasteiger partial charge in [-0.05, 0) is 40.1 Å². The van der Waals surface area contributed by atoms with Gasteiger partial charge in [-0.15, -0.1) is 0 Å². The van der Waals surface area contributed by atoms with E-state index in [0.717, 1.165) is 28.7 Å². The van der Waals surface area contributed by atoms with Crippen molar-refractivity contribution in [3.05, 3.63) is 48.2 Å². The highest BCUT2D eigenvalue weighted by Crippen LogP contribution is 2.37. The molecule has 0 saturated heterocycles. The topological polar surface area (TPSA) is 96.4 Å². The molecule has 192 valence electrons. The summed E-state index contributed by atoms with van der Waals surface area (Å²) in [6, 6.07) is 5.79. The molecule has 1 aromatic rings. The van der Waals surface area contributed by atoms with E-state index in [1.165, 1.54) is 12.0 Å². The molecule has 1 rings (SSSR count). The molecule has 0 saturated carbocycles. The van der Waals surface area contributed by atoms with Gasteiger partial charge in [-0.3, -0.25) is 0 Å². The van der Waals surface area contributed by atoms with Gasteiger partial charge in [0.05, 0.1) is 12.7 Å². The van der Waals surface area contributed by atoms with E-state index in [9.17, 15) is 9.90 Å². The zero-order chi connectivity index (χ0) is 25.3. The summed E-state index contributed by atoms with van der Waals surface area (Å²) in [5.41, 5.74) is 0.859. The van der Waals surface area contributed by atoms with Crippen molar-refractivity contribution in [2.24, 2.45) is 0 Å². The minimum atomic E-state index is -0.716. The second kappa shape index (κ2) is 17.6. The van der Waals surface area contributed by atoms with Gasteiger partial charge in [0.2, 0.25) is 0 Å². The number of nitrogens with one attached hydrogen (secondary N) is 1. The summed E-state index contributed by atoms with van der Waals surface area (Å²) in [6.07, 6.45) is 0.867. The van der Waals surface area contributed by atoms with Crippen LogP contribution in [0.25, 0.3) is 0 Å². The molecule has 9 nitrogen and oxygen atoms in total. The molecular formula is C23H38N4O5S2. The van der Waals surface area contributed by atoms with Gasteiger partial charge in [-0.1, -0.05) is 26.1 Å². The van der Waals surface area contributed by atoms with Gasteiger partial charge < -0.3 is 34.4 Å². The van der Waals surface area contributed by atoms with E-state index in [0.29, 0.717) is 19.5 Å². The van der Waals surface area contributed by atoms with Crippen molar-refractivity contribution >= 4 is 27.7 Å². The van der Waals surface area contributed by atoms with Crippen LogP contribution in [0, 0.1) is 0 Å². The van der Waals surface area contributed by atoms with Crippen LogP contribution < -0.4 is 5.32 Å². The van der Waals surface area contributed by atoms with Crippen LogP contribution in [0.15, 0.2) is 53.2 Å². The van der Waals surface area contributed by atoms with Gasteiger partial charge in [0.15, 0.2) is 6.29 Å². The van der Waals surface area contributed by atoms with E-state index >= 15 is 0 Å². The lowest BCUT2D eigenvalue weighted by molar-refractivity contribution is -0.182. The number of amides is 1. The number of carbonyl (C=O) groups excluding carboxylic acids is 1. The Hall–Kier alpha value is -1.76. The number of aliphatic hydroxyl groups is 1. The standard InChI is InChI=1S/C23H38N4O5S2/c1-7-20(16-28)32-22(30-6)17-31-23(29)27(5)15-13-24-12-14-26(4)18(2)19(3)33-34-21-10-8-9-11-25-21/h8-11,20,22,24,28H,2-3,7,12-17H2,1,4-6H3. The third-order valence-electron chi connectivity index (χ3n) is 4.82. The summed E-state index contributed by atoms with van der Waals surface area (Å²) in [5, 5.41) is 13.5. The third kappa shape index (κ3) is 12.1. The molecule has 0 aromatic carbocycles. The van der Waals surface area contributed by atoms with Crippen LogP contribution in [0.1, 0.15) is 13.3 Å². The molecule has 11 heteroatoms. The summed E-state index contributed by atoms with van der Waals surface area (Å²) < 4.78 is 15.9. The minimum absolute atomic E-state index is 0.0446. The first kappa shape index (κ1) is 30.3. The fraction of sp³-hybridized carbons (Fsp3) is 0.565. The van der Waals surface area contributed by atoms with Crippen LogP contribution in [0.4, 0.5) is 4.79 Å². The number of rotatable bonds is 18. The van der Waals surface area contributed by atoms with Crippen molar-refractivity contribution in [3.63, 3.8) is 0 Å². The molecule has 2 atom stereocenters. The predicted molar refractivity (Wildman–Crippen MR) is 138 cm³/mol. The molecule has 0 aliphatic carbocycles. The van der Waals surface area contributed by atoms with Gasteiger partial charge >= 0.3 is 6.09 Å². The molecule has 0 spiro atoms. The van der Waals surface area contributed by atoms with E-state index in [1.54, 1.807) is 34.8 Å². The molecule has 0 radical (unpaired) electrons. The highest BCUT2D eigenvalue weighted by atomic mass is 33.1. The number of hydrogen-bond acceptors (Lipinski definition) is 10. The van der Waals surface area contributed by atoms with Crippen molar-refractivity contribution in [2.45, 2.75) is 30.8 Å². The molecule has 0 bridgehead atoms. The Kier molecular flexibility index (Phi) is 15.7. The number of methoxy groups -OCH3 is 1. The molecule has 2 N–H and O–H groups in total. The summed E-state index contributed by atoms with van der Waals surface area (Å²) in [4.78, 5) is 20.9.